The predicted octanol–water partition coefficient (Wildman–Crippen LogP) is 3.49. The van der Waals surface area contributed by atoms with E-state index in [1.165, 1.54) is 0 Å². The van der Waals surface area contributed by atoms with Gasteiger partial charge in [0.2, 0.25) is 5.78 Å². The molecule has 2 aromatic carbocycles. The lowest BCUT2D eigenvalue weighted by Gasteiger charge is -2.27. The van der Waals surface area contributed by atoms with E-state index in [0.29, 0.717) is 22.8 Å². The smallest absolute Gasteiger partial charge is 0.255 e. The van der Waals surface area contributed by atoms with E-state index < -0.39 is 0 Å². The number of aromatic nitrogens is 3. The minimum atomic E-state index is -0.208. The first-order valence-electron chi connectivity index (χ1n) is 10.9. The van der Waals surface area contributed by atoms with Crippen LogP contribution in [0, 0.1) is 0 Å². The Hall–Kier alpha value is -3.75. The number of benzene rings is 2. The van der Waals surface area contributed by atoms with Crippen molar-refractivity contribution in [3.63, 3.8) is 0 Å². The third-order valence-electron chi connectivity index (χ3n) is 5.73. The number of carbonyl (C=O) groups is 1. The van der Waals surface area contributed by atoms with E-state index in [1.807, 2.05) is 59.3 Å². The van der Waals surface area contributed by atoms with Gasteiger partial charge in [0.15, 0.2) is 0 Å². The quantitative estimate of drug-likeness (QED) is 0.491. The number of hydrogen-bond acceptors (Lipinski definition) is 6. The molecule has 8 nitrogen and oxygen atoms in total. The fourth-order valence-corrected chi connectivity index (χ4v) is 3.99. The van der Waals surface area contributed by atoms with Crippen molar-refractivity contribution >= 4 is 17.4 Å². The Kier molecular flexibility index (Phi) is 6.01. The molecule has 1 saturated heterocycles. The lowest BCUT2D eigenvalue weighted by atomic mass is 10.1. The number of amides is 1. The van der Waals surface area contributed by atoms with E-state index in [4.69, 9.17) is 9.47 Å². The molecule has 0 atom stereocenters. The van der Waals surface area contributed by atoms with Crippen LogP contribution in [0.3, 0.4) is 0 Å². The van der Waals surface area contributed by atoms with Crippen LogP contribution in [-0.4, -0.2) is 58.6 Å². The van der Waals surface area contributed by atoms with Gasteiger partial charge in [-0.15, -0.1) is 0 Å². The summed E-state index contributed by atoms with van der Waals surface area (Å²) in [7, 11) is 1.63. The Morgan fingerprint density at radius 1 is 1.15 bits per heavy atom. The average molecular weight is 444 g/mol. The van der Waals surface area contributed by atoms with Crippen LogP contribution in [0.15, 0.2) is 67.1 Å². The minimum Gasteiger partial charge on any atom is -0.496 e. The van der Waals surface area contributed by atoms with Crippen molar-refractivity contribution in [3.05, 3.63) is 78.2 Å². The third kappa shape index (κ3) is 4.57. The molecule has 3 heterocycles. The number of carbonyl (C=O) groups excluding carboxylic acids is 1. The number of rotatable bonds is 6. The minimum absolute atomic E-state index is 0.208. The number of para-hydroxylation sites is 1. The summed E-state index contributed by atoms with van der Waals surface area (Å²) in [5.41, 5.74) is 3.83. The second-order valence-electron chi connectivity index (χ2n) is 7.87. The van der Waals surface area contributed by atoms with Gasteiger partial charge in [0.05, 0.1) is 31.7 Å². The van der Waals surface area contributed by atoms with Crippen molar-refractivity contribution in [2.24, 2.45) is 0 Å². The molecule has 0 aliphatic carbocycles. The zero-order valence-electron chi connectivity index (χ0n) is 18.4. The molecule has 1 amide bonds. The molecule has 1 N–H and O–H groups in total. The normalized spacial score (nSPS) is 14.3. The molecule has 0 spiro atoms. The van der Waals surface area contributed by atoms with E-state index in [2.05, 4.69) is 20.2 Å². The van der Waals surface area contributed by atoms with Gasteiger partial charge < -0.3 is 14.8 Å². The highest BCUT2D eigenvalue weighted by Crippen LogP contribution is 2.28. The molecule has 8 heteroatoms. The van der Waals surface area contributed by atoms with Crippen molar-refractivity contribution in [1.82, 2.24) is 19.3 Å². The molecule has 168 valence electrons. The standard InChI is InChI=1S/C25H25N5O3/c1-32-23-15-18(7-8-19(23)16-29-11-13-33-14-12-29)24(31)27-21-6-3-2-5-20(21)22-17-30-10-4-9-26-25(30)28-22/h2-10,15,17H,11-14,16H2,1H3,(H,27,31). The number of methoxy groups -OCH3 is 1. The Labute approximate surface area is 191 Å². The maximum atomic E-state index is 13.1. The summed E-state index contributed by atoms with van der Waals surface area (Å²) in [6.07, 6.45) is 5.50. The van der Waals surface area contributed by atoms with Crippen LogP contribution in [0.2, 0.25) is 0 Å². The lowest BCUT2D eigenvalue weighted by molar-refractivity contribution is 0.0339. The summed E-state index contributed by atoms with van der Waals surface area (Å²) in [5, 5.41) is 3.03. The maximum absolute atomic E-state index is 13.1. The topological polar surface area (TPSA) is 81.0 Å². The molecule has 1 aliphatic heterocycles. The molecular formula is C25H25N5O3. The van der Waals surface area contributed by atoms with Crippen molar-refractivity contribution in [3.8, 4) is 17.0 Å². The molecule has 0 unspecified atom stereocenters. The van der Waals surface area contributed by atoms with Gasteiger partial charge in [0, 0.05) is 54.9 Å². The number of anilines is 1. The molecule has 2 aromatic heterocycles. The molecule has 0 saturated carbocycles. The molecule has 1 aliphatic rings. The monoisotopic (exact) mass is 443 g/mol. The first-order chi connectivity index (χ1) is 16.2. The van der Waals surface area contributed by atoms with Crippen LogP contribution >= 0.6 is 0 Å². The van der Waals surface area contributed by atoms with Gasteiger partial charge in [-0.25, -0.2) is 9.97 Å². The Morgan fingerprint density at radius 3 is 2.82 bits per heavy atom. The summed E-state index contributed by atoms with van der Waals surface area (Å²) in [6.45, 7) is 4.02. The van der Waals surface area contributed by atoms with Crippen LogP contribution < -0.4 is 10.1 Å². The van der Waals surface area contributed by atoms with Gasteiger partial charge in [-0.05, 0) is 24.3 Å². The number of imidazole rings is 1. The van der Waals surface area contributed by atoms with Gasteiger partial charge in [-0.1, -0.05) is 24.3 Å². The van der Waals surface area contributed by atoms with Gasteiger partial charge in [0.25, 0.3) is 5.91 Å². The fourth-order valence-electron chi connectivity index (χ4n) is 3.99. The van der Waals surface area contributed by atoms with Crippen molar-refractivity contribution in [2.75, 3.05) is 38.7 Å². The van der Waals surface area contributed by atoms with E-state index in [0.717, 1.165) is 49.7 Å². The summed E-state index contributed by atoms with van der Waals surface area (Å²) in [6, 6.07) is 15.1. The maximum Gasteiger partial charge on any atom is 0.255 e. The fraction of sp³-hybridized carbons (Fsp3) is 0.240. The van der Waals surface area contributed by atoms with E-state index in [1.54, 1.807) is 19.4 Å². The number of hydrogen-bond donors (Lipinski definition) is 1. The van der Waals surface area contributed by atoms with E-state index in [-0.39, 0.29) is 5.91 Å². The second-order valence-corrected chi connectivity index (χ2v) is 7.87. The van der Waals surface area contributed by atoms with Gasteiger partial charge >= 0.3 is 0 Å². The number of nitrogens with one attached hydrogen (secondary N) is 1. The summed E-state index contributed by atoms with van der Waals surface area (Å²) < 4.78 is 12.9. The Morgan fingerprint density at radius 2 is 2.00 bits per heavy atom. The van der Waals surface area contributed by atoms with Crippen LogP contribution in [0.4, 0.5) is 5.69 Å². The van der Waals surface area contributed by atoms with Gasteiger partial charge in [-0.2, -0.15) is 0 Å². The number of morpholine rings is 1. The summed E-state index contributed by atoms with van der Waals surface area (Å²) >= 11 is 0. The first-order valence-corrected chi connectivity index (χ1v) is 10.9. The lowest BCUT2D eigenvalue weighted by Crippen LogP contribution is -2.35. The highest BCUT2D eigenvalue weighted by molar-refractivity contribution is 6.06. The van der Waals surface area contributed by atoms with E-state index >= 15 is 0 Å². The van der Waals surface area contributed by atoms with Crippen molar-refractivity contribution in [2.45, 2.75) is 6.54 Å². The molecule has 4 aromatic rings. The first kappa shape index (κ1) is 21.1. The number of nitrogens with zero attached hydrogens (tertiary/aromatic N) is 4. The third-order valence-corrected chi connectivity index (χ3v) is 5.73. The van der Waals surface area contributed by atoms with E-state index in [9.17, 15) is 4.79 Å². The summed E-state index contributed by atoms with van der Waals surface area (Å²) in [4.78, 5) is 24.3. The van der Waals surface area contributed by atoms with Crippen molar-refractivity contribution in [1.29, 1.82) is 0 Å². The summed E-state index contributed by atoms with van der Waals surface area (Å²) in [5.74, 6) is 1.10. The molecule has 33 heavy (non-hydrogen) atoms. The van der Waals surface area contributed by atoms with Crippen molar-refractivity contribution < 1.29 is 14.3 Å². The zero-order chi connectivity index (χ0) is 22.6. The van der Waals surface area contributed by atoms with Crippen LogP contribution in [0.25, 0.3) is 17.0 Å². The zero-order valence-corrected chi connectivity index (χ0v) is 18.4. The molecule has 0 bridgehead atoms. The second kappa shape index (κ2) is 9.40. The van der Waals surface area contributed by atoms with Crippen LogP contribution in [-0.2, 0) is 11.3 Å². The molecular weight excluding hydrogens is 418 g/mol. The van der Waals surface area contributed by atoms with Gasteiger partial charge in [0.1, 0.15) is 5.75 Å². The highest BCUT2D eigenvalue weighted by atomic mass is 16.5. The van der Waals surface area contributed by atoms with Crippen LogP contribution in [0.5, 0.6) is 5.75 Å². The largest absolute Gasteiger partial charge is 0.496 e. The predicted molar refractivity (Wildman–Crippen MR) is 125 cm³/mol. The highest BCUT2D eigenvalue weighted by Gasteiger charge is 2.17. The molecule has 1 fully saturated rings. The molecule has 5 rings (SSSR count). The van der Waals surface area contributed by atoms with Gasteiger partial charge in [-0.3, -0.25) is 14.1 Å². The Bertz CT molecular complexity index is 1250. The number of ether oxygens (including phenoxy) is 2. The SMILES string of the molecule is COc1cc(C(=O)Nc2ccccc2-c2cn3cccnc3n2)ccc1CN1CCOCC1. The Balaban J connectivity index is 1.37. The number of fused-ring (bicyclic) bond motifs is 1. The van der Waals surface area contributed by atoms with Crippen LogP contribution in [0.1, 0.15) is 15.9 Å². The average Bonchev–Trinajstić information content (AvgIpc) is 3.29. The molecule has 0 radical (unpaired) electrons.